The van der Waals surface area contributed by atoms with E-state index < -0.39 is 0 Å². The summed E-state index contributed by atoms with van der Waals surface area (Å²) in [6.07, 6.45) is 8.16. The maximum Gasteiger partial charge on any atom is 0.222 e. The van der Waals surface area contributed by atoms with Gasteiger partial charge >= 0.3 is 0 Å². The molecule has 2 rings (SSSR count). The summed E-state index contributed by atoms with van der Waals surface area (Å²) < 4.78 is 0. The first kappa shape index (κ1) is 22.9. The van der Waals surface area contributed by atoms with E-state index in [1.165, 1.54) is 11.3 Å². The van der Waals surface area contributed by atoms with Gasteiger partial charge in [-0.05, 0) is 59.0 Å². The van der Waals surface area contributed by atoms with Crippen LogP contribution in [0.4, 0.5) is 0 Å². The van der Waals surface area contributed by atoms with Gasteiger partial charge in [-0.2, -0.15) is 5.10 Å². The van der Waals surface area contributed by atoms with E-state index in [-0.39, 0.29) is 0 Å². The number of aromatic amines is 1. The van der Waals surface area contributed by atoms with Crippen molar-refractivity contribution in [3.63, 3.8) is 0 Å². The molecule has 6 heteroatoms. The Labute approximate surface area is 171 Å². The Bertz CT molecular complexity index is 577. The van der Waals surface area contributed by atoms with Gasteiger partial charge in [0.25, 0.3) is 0 Å². The monoisotopic (exact) mass is 391 g/mol. The first-order valence-electron chi connectivity index (χ1n) is 11.1. The maximum atomic E-state index is 12.6. The number of amides is 1. The van der Waals surface area contributed by atoms with Gasteiger partial charge in [-0.15, -0.1) is 0 Å². The number of H-pyrrole nitrogens is 1. The normalized spacial score (nSPS) is 20.1. The lowest BCUT2D eigenvalue weighted by Crippen LogP contribution is -2.42. The number of hydrogen-bond acceptors (Lipinski definition) is 4. The quantitative estimate of drug-likeness (QED) is 0.607. The third kappa shape index (κ3) is 6.59. The van der Waals surface area contributed by atoms with Crippen molar-refractivity contribution in [1.29, 1.82) is 0 Å². The molecule has 1 amide bonds. The van der Waals surface area contributed by atoms with E-state index in [0.717, 1.165) is 58.3 Å². The predicted octanol–water partition coefficient (Wildman–Crippen LogP) is 3.37. The molecule has 1 aliphatic carbocycles. The van der Waals surface area contributed by atoms with Crippen molar-refractivity contribution < 1.29 is 4.79 Å². The van der Waals surface area contributed by atoms with E-state index in [2.05, 4.69) is 59.3 Å². The molecule has 28 heavy (non-hydrogen) atoms. The number of nitrogens with zero attached hydrogens (tertiary/aromatic N) is 3. The zero-order valence-corrected chi connectivity index (χ0v) is 18.6. The molecule has 0 unspecified atom stereocenters. The van der Waals surface area contributed by atoms with Crippen molar-refractivity contribution in [3.8, 4) is 0 Å². The third-order valence-electron chi connectivity index (χ3n) is 6.06. The lowest BCUT2D eigenvalue weighted by atomic mass is 9.82. The van der Waals surface area contributed by atoms with Crippen LogP contribution in [0.15, 0.2) is 6.20 Å². The fraction of sp³-hybridized carbons (Fsp3) is 0.818. The first-order chi connectivity index (χ1) is 13.5. The number of carbonyl (C=O) groups excluding carboxylic acids is 1. The molecule has 1 aliphatic rings. The highest BCUT2D eigenvalue weighted by atomic mass is 16.2. The van der Waals surface area contributed by atoms with E-state index in [9.17, 15) is 4.79 Å². The van der Waals surface area contributed by atoms with Crippen molar-refractivity contribution >= 4 is 5.91 Å². The van der Waals surface area contributed by atoms with E-state index >= 15 is 0 Å². The van der Waals surface area contributed by atoms with Gasteiger partial charge in [0, 0.05) is 56.3 Å². The van der Waals surface area contributed by atoms with Crippen LogP contribution in [0.1, 0.15) is 76.5 Å². The number of hydrogen-bond donors (Lipinski definition) is 2. The molecule has 0 saturated heterocycles. The van der Waals surface area contributed by atoms with Crippen LogP contribution >= 0.6 is 0 Å². The smallest absolute Gasteiger partial charge is 0.222 e. The van der Waals surface area contributed by atoms with Crippen molar-refractivity contribution in [3.05, 3.63) is 17.5 Å². The molecule has 0 spiro atoms. The molecule has 1 saturated carbocycles. The second-order valence-electron chi connectivity index (χ2n) is 8.75. The summed E-state index contributed by atoms with van der Waals surface area (Å²) in [7, 11) is 4.15. The van der Waals surface area contributed by atoms with Crippen LogP contribution in [0.3, 0.4) is 0 Å². The van der Waals surface area contributed by atoms with E-state index in [0.29, 0.717) is 30.2 Å². The minimum absolute atomic E-state index is 0.339. The molecule has 2 N–H and O–H groups in total. The first-order valence-corrected chi connectivity index (χ1v) is 11.1. The summed E-state index contributed by atoms with van der Waals surface area (Å²) in [6, 6.07) is 0.404. The Balaban J connectivity index is 1.89. The Kier molecular flexibility index (Phi) is 9.45. The van der Waals surface area contributed by atoms with Crippen LogP contribution in [-0.4, -0.2) is 65.7 Å². The molecule has 1 aromatic rings. The van der Waals surface area contributed by atoms with Gasteiger partial charge in [-0.25, -0.2) is 0 Å². The van der Waals surface area contributed by atoms with Gasteiger partial charge < -0.3 is 15.1 Å². The van der Waals surface area contributed by atoms with Crippen LogP contribution in [0, 0.1) is 5.92 Å². The Morgan fingerprint density at radius 2 is 2.04 bits per heavy atom. The Morgan fingerprint density at radius 3 is 2.64 bits per heavy atom. The van der Waals surface area contributed by atoms with Crippen LogP contribution in [-0.2, 0) is 11.3 Å². The van der Waals surface area contributed by atoms with Crippen LogP contribution < -0.4 is 5.32 Å². The van der Waals surface area contributed by atoms with Gasteiger partial charge in [-0.3, -0.25) is 9.89 Å². The summed E-state index contributed by atoms with van der Waals surface area (Å²) in [4.78, 5) is 17.1. The third-order valence-corrected chi connectivity index (χ3v) is 6.06. The lowest BCUT2D eigenvalue weighted by molar-refractivity contribution is -0.134. The second-order valence-corrected chi connectivity index (χ2v) is 8.75. The SMILES string of the molecule is CCN(C(=O)CCC(C)C)[C@H]1CC[C@@H](c2n[nH]cc2CN(C)CCNC)CC1. The molecular formula is C22H41N5O. The topological polar surface area (TPSA) is 64.3 Å². The zero-order valence-electron chi connectivity index (χ0n) is 18.6. The van der Waals surface area contributed by atoms with Crippen molar-refractivity contribution in [2.45, 2.75) is 77.8 Å². The maximum absolute atomic E-state index is 12.6. The standard InChI is InChI=1S/C22H41N5O/c1-6-27(21(28)12-7-17(2)3)20-10-8-18(9-11-20)22-19(15-24-25-22)16-26(5)14-13-23-4/h15,17-18,20,23H,6-14,16H2,1-5H3,(H,24,25)/t18-,20+. The van der Waals surface area contributed by atoms with Crippen LogP contribution in [0.25, 0.3) is 0 Å². The molecule has 160 valence electrons. The Hall–Kier alpha value is -1.40. The molecule has 0 radical (unpaired) electrons. The Morgan fingerprint density at radius 1 is 1.32 bits per heavy atom. The summed E-state index contributed by atoms with van der Waals surface area (Å²) in [5, 5.41) is 10.9. The lowest BCUT2D eigenvalue weighted by Gasteiger charge is -2.36. The summed E-state index contributed by atoms with van der Waals surface area (Å²) in [5.74, 6) is 1.44. The van der Waals surface area contributed by atoms with Gasteiger partial charge in [0.2, 0.25) is 5.91 Å². The highest BCUT2D eigenvalue weighted by Gasteiger charge is 2.30. The van der Waals surface area contributed by atoms with Gasteiger partial charge in [0.05, 0.1) is 5.69 Å². The largest absolute Gasteiger partial charge is 0.340 e. The van der Waals surface area contributed by atoms with Gasteiger partial charge in [0.1, 0.15) is 0 Å². The molecule has 0 aliphatic heterocycles. The number of aromatic nitrogens is 2. The minimum atomic E-state index is 0.339. The fourth-order valence-corrected chi connectivity index (χ4v) is 4.33. The molecular weight excluding hydrogens is 350 g/mol. The number of likely N-dealkylation sites (N-methyl/N-ethyl adjacent to an activating group) is 2. The summed E-state index contributed by atoms with van der Waals surface area (Å²) in [5.41, 5.74) is 2.56. The van der Waals surface area contributed by atoms with Crippen molar-refractivity contribution in [1.82, 2.24) is 25.3 Å². The number of rotatable bonds is 11. The average molecular weight is 392 g/mol. The van der Waals surface area contributed by atoms with Crippen LogP contribution in [0.2, 0.25) is 0 Å². The molecule has 0 atom stereocenters. The van der Waals surface area contributed by atoms with E-state index in [1.807, 2.05) is 7.05 Å². The molecule has 1 heterocycles. The highest BCUT2D eigenvalue weighted by molar-refractivity contribution is 5.76. The highest BCUT2D eigenvalue weighted by Crippen LogP contribution is 2.35. The molecule has 1 fully saturated rings. The predicted molar refractivity (Wildman–Crippen MR) is 115 cm³/mol. The van der Waals surface area contributed by atoms with Gasteiger partial charge in [-0.1, -0.05) is 13.8 Å². The van der Waals surface area contributed by atoms with E-state index in [4.69, 9.17) is 0 Å². The number of nitrogens with one attached hydrogen (secondary N) is 2. The van der Waals surface area contributed by atoms with Gasteiger partial charge in [0.15, 0.2) is 0 Å². The zero-order chi connectivity index (χ0) is 20.5. The number of carbonyl (C=O) groups is 1. The summed E-state index contributed by atoms with van der Waals surface area (Å²) >= 11 is 0. The molecule has 0 aromatic carbocycles. The second kappa shape index (κ2) is 11.6. The average Bonchev–Trinajstić information content (AvgIpc) is 3.13. The van der Waals surface area contributed by atoms with Crippen molar-refractivity contribution in [2.24, 2.45) is 5.92 Å². The fourth-order valence-electron chi connectivity index (χ4n) is 4.33. The summed E-state index contributed by atoms with van der Waals surface area (Å²) in [6.45, 7) is 10.3. The minimum Gasteiger partial charge on any atom is -0.340 e. The van der Waals surface area contributed by atoms with Crippen molar-refractivity contribution in [2.75, 3.05) is 33.7 Å². The molecule has 1 aromatic heterocycles. The van der Waals surface area contributed by atoms with E-state index in [1.54, 1.807) is 0 Å². The van der Waals surface area contributed by atoms with Crippen LogP contribution in [0.5, 0.6) is 0 Å². The molecule has 0 bridgehead atoms. The molecule has 6 nitrogen and oxygen atoms in total.